The third-order valence-electron chi connectivity index (χ3n) is 2.02. The summed E-state index contributed by atoms with van der Waals surface area (Å²) in [6.45, 7) is 1.55. The minimum atomic E-state index is -0.253. The van der Waals surface area contributed by atoms with E-state index in [1.54, 1.807) is 0 Å². The van der Waals surface area contributed by atoms with Crippen LogP contribution in [-0.2, 0) is 0 Å². The fourth-order valence-electron chi connectivity index (χ4n) is 1.38. The van der Waals surface area contributed by atoms with Gasteiger partial charge in [0.15, 0.2) is 0 Å². The topological polar surface area (TPSA) is 45.1 Å². The Balaban J connectivity index is 2.16. The number of hydrogen-bond acceptors (Lipinski definition) is 4. The fraction of sp³-hybridized carbons (Fsp3) is 0.571. The maximum absolute atomic E-state index is 9.46. The van der Waals surface area contributed by atoms with E-state index in [9.17, 15) is 5.11 Å². The highest BCUT2D eigenvalue weighted by Gasteiger charge is 2.27. The summed E-state index contributed by atoms with van der Waals surface area (Å²) >= 11 is 1.44. The lowest BCUT2D eigenvalue weighted by molar-refractivity contribution is 0.176. The second kappa shape index (κ2) is 2.89. The average Bonchev–Trinajstić information content (AvgIpc) is 2.55. The van der Waals surface area contributed by atoms with Crippen molar-refractivity contribution in [2.24, 2.45) is 0 Å². The Labute approximate surface area is 69.2 Å². The molecule has 1 aliphatic heterocycles. The molecule has 60 valence electrons. The molecule has 0 spiro atoms. The Hall–Kier alpha value is -0.450. The normalized spacial score (nSPS) is 31.0. The SMILES string of the molecule is O[C@@H]1CNC[C@H]1c1ccsn1. The number of aliphatic hydroxyl groups excluding tert-OH is 1. The van der Waals surface area contributed by atoms with Crippen molar-refractivity contribution in [3.05, 3.63) is 17.1 Å². The van der Waals surface area contributed by atoms with Gasteiger partial charge in [-0.3, -0.25) is 0 Å². The minimum Gasteiger partial charge on any atom is -0.391 e. The molecule has 3 nitrogen and oxygen atoms in total. The van der Waals surface area contributed by atoms with Crippen LogP contribution in [0.3, 0.4) is 0 Å². The number of rotatable bonds is 1. The molecular formula is C7H10N2OS. The molecule has 0 radical (unpaired) electrons. The number of nitrogens with zero attached hydrogens (tertiary/aromatic N) is 1. The Morgan fingerprint density at radius 1 is 1.64 bits per heavy atom. The van der Waals surface area contributed by atoms with E-state index in [4.69, 9.17) is 0 Å². The lowest BCUT2D eigenvalue weighted by atomic mass is 10.0. The Morgan fingerprint density at radius 3 is 3.09 bits per heavy atom. The standard InChI is InChI=1S/C7H10N2OS/c10-7-4-8-3-5(7)6-1-2-11-9-6/h1-2,5,7-8,10H,3-4H2/t5-,7+/m0/s1. The van der Waals surface area contributed by atoms with Crippen LogP contribution in [0.2, 0.25) is 0 Å². The van der Waals surface area contributed by atoms with Crippen molar-refractivity contribution in [1.82, 2.24) is 9.69 Å². The average molecular weight is 170 g/mol. The summed E-state index contributed by atoms with van der Waals surface area (Å²) in [4.78, 5) is 0. The number of hydrogen-bond donors (Lipinski definition) is 2. The smallest absolute Gasteiger partial charge is 0.0760 e. The quantitative estimate of drug-likeness (QED) is 0.632. The predicted molar refractivity (Wildman–Crippen MR) is 43.7 cm³/mol. The largest absolute Gasteiger partial charge is 0.391 e. The molecule has 2 heterocycles. The molecule has 0 unspecified atom stereocenters. The molecule has 0 saturated carbocycles. The van der Waals surface area contributed by atoms with Gasteiger partial charge in [-0.2, -0.15) is 4.37 Å². The number of aromatic nitrogens is 1. The molecule has 0 bridgehead atoms. The van der Waals surface area contributed by atoms with Crippen LogP contribution < -0.4 is 5.32 Å². The summed E-state index contributed by atoms with van der Waals surface area (Å²) in [7, 11) is 0. The molecule has 4 heteroatoms. The van der Waals surface area contributed by atoms with E-state index in [1.165, 1.54) is 11.5 Å². The fourth-order valence-corrected chi connectivity index (χ4v) is 1.96. The van der Waals surface area contributed by atoms with E-state index in [-0.39, 0.29) is 12.0 Å². The van der Waals surface area contributed by atoms with Crippen molar-refractivity contribution >= 4 is 11.5 Å². The Bertz CT molecular complexity index is 224. The van der Waals surface area contributed by atoms with Crippen LogP contribution >= 0.6 is 11.5 Å². The van der Waals surface area contributed by atoms with Gasteiger partial charge in [0, 0.05) is 24.4 Å². The van der Waals surface area contributed by atoms with Crippen LogP contribution in [0.15, 0.2) is 11.4 Å². The van der Waals surface area contributed by atoms with Crippen molar-refractivity contribution < 1.29 is 5.11 Å². The van der Waals surface area contributed by atoms with Crippen LogP contribution in [0.1, 0.15) is 11.6 Å². The summed E-state index contributed by atoms with van der Waals surface area (Å²) in [6.07, 6.45) is -0.253. The first kappa shape index (κ1) is 7.21. The third-order valence-corrected chi connectivity index (χ3v) is 2.59. The highest BCUT2D eigenvalue weighted by Crippen LogP contribution is 2.21. The zero-order chi connectivity index (χ0) is 7.68. The van der Waals surface area contributed by atoms with Gasteiger partial charge >= 0.3 is 0 Å². The Morgan fingerprint density at radius 2 is 2.55 bits per heavy atom. The van der Waals surface area contributed by atoms with Gasteiger partial charge in [0.2, 0.25) is 0 Å². The van der Waals surface area contributed by atoms with E-state index < -0.39 is 0 Å². The van der Waals surface area contributed by atoms with Crippen LogP contribution in [0.5, 0.6) is 0 Å². The van der Waals surface area contributed by atoms with Gasteiger partial charge in [0.05, 0.1) is 11.8 Å². The van der Waals surface area contributed by atoms with Gasteiger partial charge in [-0.25, -0.2) is 0 Å². The predicted octanol–water partition coefficient (Wildman–Crippen LogP) is 0.191. The van der Waals surface area contributed by atoms with Crippen LogP contribution in [0.25, 0.3) is 0 Å². The van der Waals surface area contributed by atoms with Gasteiger partial charge in [-0.1, -0.05) is 0 Å². The van der Waals surface area contributed by atoms with E-state index in [2.05, 4.69) is 9.69 Å². The molecular weight excluding hydrogens is 160 g/mol. The van der Waals surface area contributed by atoms with Crippen molar-refractivity contribution in [2.75, 3.05) is 13.1 Å². The van der Waals surface area contributed by atoms with Gasteiger partial charge in [0.25, 0.3) is 0 Å². The summed E-state index contributed by atoms with van der Waals surface area (Å²) < 4.78 is 4.19. The molecule has 11 heavy (non-hydrogen) atoms. The summed E-state index contributed by atoms with van der Waals surface area (Å²) in [6, 6.07) is 1.98. The zero-order valence-electron chi connectivity index (χ0n) is 6.03. The minimum absolute atomic E-state index is 0.209. The molecule has 1 aromatic heterocycles. The van der Waals surface area contributed by atoms with Crippen molar-refractivity contribution in [1.29, 1.82) is 0 Å². The van der Waals surface area contributed by atoms with Crippen molar-refractivity contribution in [2.45, 2.75) is 12.0 Å². The first-order valence-electron chi connectivity index (χ1n) is 3.67. The molecule has 2 rings (SSSR count). The molecule has 2 N–H and O–H groups in total. The molecule has 1 aliphatic rings. The highest BCUT2D eigenvalue weighted by molar-refractivity contribution is 7.03. The van der Waals surface area contributed by atoms with Gasteiger partial charge in [-0.15, -0.1) is 0 Å². The van der Waals surface area contributed by atoms with Gasteiger partial charge < -0.3 is 10.4 Å². The Kier molecular flexibility index (Phi) is 1.89. The number of aliphatic hydroxyl groups is 1. The molecule has 1 saturated heterocycles. The number of nitrogens with one attached hydrogen (secondary N) is 1. The second-order valence-corrected chi connectivity index (χ2v) is 3.42. The summed E-state index contributed by atoms with van der Waals surface area (Å²) in [5.41, 5.74) is 1.02. The van der Waals surface area contributed by atoms with E-state index in [0.29, 0.717) is 6.54 Å². The molecule has 1 aromatic rings. The lowest BCUT2D eigenvalue weighted by Crippen LogP contribution is -2.16. The van der Waals surface area contributed by atoms with E-state index in [1.807, 2.05) is 11.4 Å². The summed E-state index contributed by atoms with van der Waals surface area (Å²) in [5, 5.41) is 14.5. The van der Waals surface area contributed by atoms with Gasteiger partial charge in [0.1, 0.15) is 0 Å². The van der Waals surface area contributed by atoms with E-state index >= 15 is 0 Å². The van der Waals surface area contributed by atoms with Crippen LogP contribution in [0, 0.1) is 0 Å². The lowest BCUT2D eigenvalue weighted by Gasteiger charge is -2.08. The van der Waals surface area contributed by atoms with Gasteiger partial charge in [-0.05, 0) is 17.6 Å². The van der Waals surface area contributed by atoms with Crippen LogP contribution in [-0.4, -0.2) is 28.7 Å². The van der Waals surface area contributed by atoms with Crippen molar-refractivity contribution in [3.8, 4) is 0 Å². The van der Waals surface area contributed by atoms with Crippen LogP contribution in [0.4, 0.5) is 0 Å². The third kappa shape index (κ3) is 1.29. The monoisotopic (exact) mass is 170 g/mol. The molecule has 0 amide bonds. The number of β-amino-alcohol motifs (C(OH)–C–C–N with tert-alkyl or cyclic N) is 1. The molecule has 0 aromatic carbocycles. The zero-order valence-corrected chi connectivity index (χ0v) is 6.84. The first-order chi connectivity index (χ1) is 5.38. The first-order valence-corrected chi connectivity index (χ1v) is 4.50. The molecule has 0 aliphatic carbocycles. The highest BCUT2D eigenvalue weighted by atomic mass is 32.1. The molecule has 2 atom stereocenters. The summed E-state index contributed by atoms with van der Waals surface area (Å²) in [5.74, 6) is 0.209. The van der Waals surface area contributed by atoms with E-state index in [0.717, 1.165) is 12.2 Å². The maximum Gasteiger partial charge on any atom is 0.0760 e. The second-order valence-electron chi connectivity index (χ2n) is 2.76. The van der Waals surface area contributed by atoms with Crippen molar-refractivity contribution in [3.63, 3.8) is 0 Å². The maximum atomic E-state index is 9.46. The molecule has 1 fully saturated rings.